The van der Waals surface area contributed by atoms with Crippen molar-refractivity contribution in [3.8, 4) is 0 Å². The molecule has 1 aliphatic carbocycles. The monoisotopic (exact) mass is 248 g/mol. The van der Waals surface area contributed by atoms with Crippen molar-refractivity contribution in [2.45, 2.75) is 38.2 Å². The Morgan fingerprint density at radius 1 is 1.50 bits per heavy atom. The Bertz CT molecular complexity index is 303. The van der Waals surface area contributed by atoms with Gasteiger partial charge in [-0.05, 0) is 25.7 Å². The number of esters is 2. The molecule has 2 aliphatic rings. The normalized spacial score (nSPS) is 23.4. The summed E-state index contributed by atoms with van der Waals surface area (Å²) in [6, 6.07) is 0. The molecule has 2 rings (SSSR count). The Hall–Kier alpha value is 0.316. The number of hydrogen-bond acceptors (Lipinski definition) is 4. The number of carbonyl (C=O) groups is 2. The SMILES string of the molecule is O=C1CC([CH-]OC(=O)C2=CCCCC2)O1.[K+]. The van der Waals surface area contributed by atoms with Gasteiger partial charge in [-0.25, -0.2) is 4.79 Å². The average Bonchev–Trinajstić information content (AvgIpc) is 2.23. The van der Waals surface area contributed by atoms with E-state index in [1.807, 2.05) is 6.08 Å². The Labute approximate surface area is 137 Å². The number of cyclic esters (lactones) is 1. The zero-order valence-corrected chi connectivity index (χ0v) is 12.5. The first kappa shape index (κ1) is 14.4. The maximum Gasteiger partial charge on any atom is 1.00 e. The van der Waals surface area contributed by atoms with Crippen LogP contribution < -0.4 is 51.4 Å². The van der Waals surface area contributed by atoms with E-state index < -0.39 is 0 Å². The van der Waals surface area contributed by atoms with E-state index in [9.17, 15) is 9.59 Å². The van der Waals surface area contributed by atoms with E-state index in [4.69, 9.17) is 4.74 Å². The molecule has 1 unspecified atom stereocenters. The molecule has 0 amide bonds. The summed E-state index contributed by atoms with van der Waals surface area (Å²) in [5.41, 5.74) is 0.739. The van der Waals surface area contributed by atoms with Crippen molar-refractivity contribution in [2.24, 2.45) is 0 Å². The van der Waals surface area contributed by atoms with Crippen LogP contribution in [0.2, 0.25) is 0 Å². The molecule has 82 valence electrons. The summed E-state index contributed by atoms with van der Waals surface area (Å²) in [4.78, 5) is 21.9. The average molecular weight is 248 g/mol. The van der Waals surface area contributed by atoms with E-state index in [0.29, 0.717) is 6.42 Å². The standard InChI is InChI=1S/C11H13O4.K/c12-10-6-9(15-10)7-14-11(13)8-4-2-1-3-5-8;/h4,7,9H,1-3,5-6H2;/q-1;+1. The van der Waals surface area contributed by atoms with E-state index in [2.05, 4.69) is 4.74 Å². The van der Waals surface area contributed by atoms with Crippen molar-refractivity contribution in [3.05, 3.63) is 18.3 Å². The number of allylic oxidation sites excluding steroid dienone is 1. The largest absolute Gasteiger partial charge is 1.00 e. The molecule has 0 aromatic carbocycles. The quantitative estimate of drug-likeness (QED) is 0.347. The molecular weight excluding hydrogens is 235 g/mol. The number of hydrogen-bond donors (Lipinski definition) is 0. The van der Waals surface area contributed by atoms with Crippen molar-refractivity contribution in [2.75, 3.05) is 0 Å². The number of rotatable bonds is 3. The summed E-state index contributed by atoms with van der Waals surface area (Å²) in [6.07, 6.45) is 5.81. The minimum Gasteiger partial charge on any atom is -0.630 e. The molecule has 0 spiro atoms. The van der Waals surface area contributed by atoms with Gasteiger partial charge in [0.25, 0.3) is 0 Å². The van der Waals surface area contributed by atoms with Crippen LogP contribution in [0.15, 0.2) is 11.6 Å². The van der Waals surface area contributed by atoms with Gasteiger partial charge >= 0.3 is 63.3 Å². The van der Waals surface area contributed by atoms with Crippen LogP contribution in [-0.2, 0) is 19.1 Å². The van der Waals surface area contributed by atoms with Crippen LogP contribution in [0.4, 0.5) is 0 Å². The van der Waals surface area contributed by atoms with Crippen molar-refractivity contribution in [1.82, 2.24) is 0 Å². The second-order valence-electron chi connectivity index (χ2n) is 3.75. The number of ether oxygens (including phenoxy) is 2. The van der Waals surface area contributed by atoms with E-state index in [1.54, 1.807) is 0 Å². The zero-order valence-electron chi connectivity index (χ0n) is 9.40. The van der Waals surface area contributed by atoms with Gasteiger partial charge in [-0.15, -0.1) is 6.61 Å². The predicted octanol–water partition coefficient (Wildman–Crippen LogP) is -1.49. The van der Waals surface area contributed by atoms with E-state index in [-0.39, 0.29) is 69.4 Å². The minimum absolute atomic E-state index is 0. The first-order valence-electron chi connectivity index (χ1n) is 5.18. The van der Waals surface area contributed by atoms with Gasteiger partial charge in [0.2, 0.25) is 0 Å². The van der Waals surface area contributed by atoms with Gasteiger partial charge in [-0.3, -0.25) is 4.79 Å². The summed E-state index contributed by atoms with van der Waals surface area (Å²) in [6.45, 7) is 1.30. The summed E-state index contributed by atoms with van der Waals surface area (Å²) in [5, 5.41) is 0. The number of carbonyl (C=O) groups excluding carboxylic acids is 2. The van der Waals surface area contributed by atoms with Crippen LogP contribution in [0.25, 0.3) is 0 Å². The van der Waals surface area contributed by atoms with Crippen molar-refractivity contribution in [1.29, 1.82) is 0 Å². The Morgan fingerprint density at radius 3 is 2.81 bits per heavy atom. The van der Waals surface area contributed by atoms with Crippen LogP contribution >= 0.6 is 0 Å². The van der Waals surface area contributed by atoms with Crippen LogP contribution in [-0.4, -0.2) is 18.0 Å². The molecule has 1 fully saturated rings. The third kappa shape index (κ3) is 3.96. The second-order valence-corrected chi connectivity index (χ2v) is 3.75. The fourth-order valence-electron chi connectivity index (χ4n) is 1.64. The smallest absolute Gasteiger partial charge is 0.630 e. The minimum atomic E-state index is -0.342. The molecule has 16 heavy (non-hydrogen) atoms. The van der Waals surface area contributed by atoms with Gasteiger partial charge in [0, 0.05) is 11.7 Å². The van der Waals surface area contributed by atoms with E-state index >= 15 is 0 Å². The van der Waals surface area contributed by atoms with Gasteiger partial charge in [0.05, 0.1) is 6.42 Å². The fourth-order valence-corrected chi connectivity index (χ4v) is 1.64. The summed E-state index contributed by atoms with van der Waals surface area (Å²) < 4.78 is 9.61. The van der Waals surface area contributed by atoms with Gasteiger partial charge in [0.1, 0.15) is 0 Å². The summed E-state index contributed by atoms with van der Waals surface area (Å²) in [7, 11) is 0. The maximum absolute atomic E-state index is 11.5. The molecule has 0 aromatic rings. The Morgan fingerprint density at radius 2 is 2.25 bits per heavy atom. The molecule has 1 aliphatic heterocycles. The third-order valence-corrected chi connectivity index (χ3v) is 2.53. The van der Waals surface area contributed by atoms with Crippen LogP contribution in [0, 0.1) is 6.61 Å². The van der Waals surface area contributed by atoms with E-state index in [1.165, 1.54) is 6.61 Å². The molecule has 1 saturated heterocycles. The second kappa shape index (κ2) is 6.91. The molecule has 0 saturated carbocycles. The van der Waals surface area contributed by atoms with Gasteiger partial charge < -0.3 is 9.47 Å². The molecule has 0 radical (unpaired) electrons. The topological polar surface area (TPSA) is 52.6 Å². The van der Waals surface area contributed by atoms with Crippen LogP contribution in [0.5, 0.6) is 0 Å². The molecule has 1 atom stereocenters. The van der Waals surface area contributed by atoms with Gasteiger partial charge in [-0.1, -0.05) is 6.08 Å². The van der Waals surface area contributed by atoms with Crippen molar-refractivity contribution < 1.29 is 70.4 Å². The maximum atomic E-state index is 11.5. The predicted molar refractivity (Wildman–Crippen MR) is 51.4 cm³/mol. The molecule has 1 heterocycles. The Kier molecular flexibility index (Phi) is 6.21. The summed E-state index contributed by atoms with van der Waals surface area (Å²) >= 11 is 0. The molecule has 5 heteroatoms. The first-order chi connectivity index (χ1) is 7.25. The molecule has 0 bridgehead atoms. The summed E-state index contributed by atoms with van der Waals surface area (Å²) in [5.74, 6) is -0.554. The van der Waals surface area contributed by atoms with Crippen LogP contribution in [0.1, 0.15) is 32.1 Å². The van der Waals surface area contributed by atoms with E-state index in [0.717, 1.165) is 31.3 Å². The van der Waals surface area contributed by atoms with Gasteiger partial charge in [-0.2, -0.15) is 0 Å². The fraction of sp³-hybridized carbons (Fsp3) is 0.545. The first-order valence-corrected chi connectivity index (χ1v) is 5.18. The third-order valence-electron chi connectivity index (χ3n) is 2.53. The zero-order chi connectivity index (χ0) is 10.7. The molecular formula is C11H13KO4. The van der Waals surface area contributed by atoms with Crippen LogP contribution in [0.3, 0.4) is 0 Å². The molecule has 0 aromatic heterocycles. The Balaban J connectivity index is 0.00000128. The van der Waals surface area contributed by atoms with Crippen molar-refractivity contribution >= 4 is 11.9 Å². The molecule has 0 N–H and O–H groups in total. The van der Waals surface area contributed by atoms with Gasteiger partial charge in [0.15, 0.2) is 0 Å². The molecule has 4 nitrogen and oxygen atoms in total. The van der Waals surface area contributed by atoms with Crippen molar-refractivity contribution in [3.63, 3.8) is 0 Å².